The van der Waals surface area contributed by atoms with E-state index in [4.69, 9.17) is 41.9 Å². The summed E-state index contributed by atoms with van der Waals surface area (Å²) >= 11 is 0. The Bertz CT molecular complexity index is 1010. The molecular formula is C27H49N7O9. The van der Waals surface area contributed by atoms with Crippen LogP contribution in [-0.2, 0) is 23.7 Å². The minimum atomic E-state index is -1.72. The molecule has 16 nitrogen and oxygen atoms in total. The molecule has 0 aromatic carbocycles. The number of guanidine groups is 1. The molecule has 14 N–H and O–H groups in total. The molecule has 2 aliphatic heterocycles. The highest BCUT2D eigenvalue weighted by Crippen LogP contribution is 2.36. The zero-order valence-corrected chi connectivity index (χ0v) is 24.6. The molecule has 0 aromatic heterocycles. The highest BCUT2D eigenvalue weighted by atomic mass is 16.7. The molecule has 0 spiro atoms. The van der Waals surface area contributed by atoms with Crippen LogP contribution in [0, 0.1) is 0 Å². The normalized spacial score (nSPS) is 41.4. The maximum Gasteiger partial charge on any atom is 0.252 e. The average molecular weight is 616 g/mol. The summed E-state index contributed by atoms with van der Waals surface area (Å²) in [7, 11) is 0. The van der Waals surface area contributed by atoms with Gasteiger partial charge in [0.1, 0.15) is 35.8 Å². The quantitative estimate of drug-likeness (QED) is 0.0575. The molecule has 5 unspecified atom stereocenters. The van der Waals surface area contributed by atoms with Gasteiger partial charge in [0.05, 0.1) is 30.8 Å². The largest absolute Gasteiger partial charge is 0.468 e. The van der Waals surface area contributed by atoms with Crippen LogP contribution in [0.5, 0.6) is 0 Å². The molecule has 1 saturated heterocycles. The Kier molecular flexibility index (Phi) is 11.2. The molecule has 0 aromatic rings. The number of aliphatic hydroxyl groups is 4. The summed E-state index contributed by atoms with van der Waals surface area (Å²) in [5.41, 5.74) is 19.9. The number of ether oxygens (including phenoxy) is 4. The standard InChI is InChI=1S/C27H49N7O9/c1-26(38)11-18(35)23(40-13-26)43-22-17(34-24(37)27(39)9-14(10-27)33-25(30)31)8-16(29)21(20(22)36)42-19-5-2-4-15(41-19)12-32-7-3-6-28/h4,14,16-23,32,35-36,38-39H,2-3,5-13,28-29H2,1H3,(H,34,37)(H4,30,31,33)/t14?,16?,17?,18?,19-,20?,21-,22+,23?,26-,27?/m1/s1. The van der Waals surface area contributed by atoms with Gasteiger partial charge >= 0.3 is 0 Å². The number of allylic oxidation sites excluding steroid dienone is 1. The van der Waals surface area contributed by atoms with Gasteiger partial charge in [-0.25, -0.2) is 0 Å². The Morgan fingerprint density at radius 3 is 2.60 bits per heavy atom. The number of nitrogens with two attached hydrogens (primary N) is 4. The van der Waals surface area contributed by atoms with Gasteiger partial charge in [0, 0.05) is 31.7 Å². The molecule has 0 radical (unpaired) electrons. The summed E-state index contributed by atoms with van der Waals surface area (Å²) in [6.45, 7) is 3.26. The van der Waals surface area contributed by atoms with Crippen LogP contribution in [0.2, 0.25) is 0 Å². The topological polar surface area (TPSA) is 275 Å². The summed E-state index contributed by atoms with van der Waals surface area (Å²) in [5.74, 6) is -0.109. The van der Waals surface area contributed by atoms with Crippen LogP contribution in [0.15, 0.2) is 16.8 Å². The number of carbonyl (C=O) groups is 1. The van der Waals surface area contributed by atoms with Gasteiger partial charge in [-0.1, -0.05) is 0 Å². The first kappa shape index (κ1) is 33.8. The van der Waals surface area contributed by atoms with Gasteiger partial charge in [-0.15, -0.1) is 0 Å². The maximum atomic E-state index is 13.2. The van der Waals surface area contributed by atoms with Crippen molar-refractivity contribution < 1.29 is 44.2 Å². The lowest BCUT2D eigenvalue weighted by Crippen LogP contribution is -2.68. The first-order valence-electron chi connectivity index (χ1n) is 15.0. The van der Waals surface area contributed by atoms with E-state index in [-0.39, 0.29) is 38.2 Å². The molecule has 246 valence electrons. The second-order valence-electron chi connectivity index (χ2n) is 12.4. The van der Waals surface area contributed by atoms with E-state index >= 15 is 0 Å². The average Bonchev–Trinajstić information content (AvgIpc) is 2.91. The SMILES string of the molecule is C[C@]1(O)COC(O[C@H]2C(NC(=O)C3(O)CC(N=C(N)N)C3)CC(N)[C@@H](O[C@@H]3CCC=C(CNCCCN)O3)C2O)C(O)C1. The molecule has 4 rings (SSSR count). The van der Waals surface area contributed by atoms with E-state index in [2.05, 4.69) is 15.6 Å². The van der Waals surface area contributed by atoms with Gasteiger partial charge in [0.15, 0.2) is 18.5 Å². The number of hydrogen-bond donors (Lipinski definition) is 10. The van der Waals surface area contributed by atoms with Crippen molar-refractivity contribution in [2.24, 2.45) is 27.9 Å². The van der Waals surface area contributed by atoms with E-state index in [1.165, 1.54) is 6.92 Å². The molecule has 2 heterocycles. The monoisotopic (exact) mass is 615 g/mol. The molecule has 1 amide bonds. The zero-order valence-electron chi connectivity index (χ0n) is 24.6. The Hall–Kier alpha value is -2.12. The van der Waals surface area contributed by atoms with E-state index in [1.807, 2.05) is 6.08 Å². The fraction of sp³-hybridized carbons (Fsp3) is 0.852. The number of aliphatic hydroxyl groups excluding tert-OH is 2. The van der Waals surface area contributed by atoms with Crippen molar-refractivity contribution >= 4 is 11.9 Å². The smallest absolute Gasteiger partial charge is 0.252 e. The minimum Gasteiger partial charge on any atom is -0.468 e. The van der Waals surface area contributed by atoms with E-state index < -0.39 is 72.2 Å². The second kappa shape index (κ2) is 14.3. The summed E-state index contributed by atoms with van der Waals surface area (Å²) in [5, 5.41) is 49.4. The van der Waals surface area contributed by atoms with Crippen molar-refractivity contribution in [1.82, 2.24) is 10.6 Å². The predicted molar refractivity (Wildman–Crippen MR) is 154 cm³/mol. The van der Waals surface area contributed by atoms with Gasteiger partial charge < -0.3 is 72.9 Å². The third-order valence-electron chi connectivity index (χ3n) is 8.27. The van der Waals surface area contributed by atoms with Gasteiger partial charge in [0.25, 0.3) is 5.91 Å². The van der Waals surface area contributed by atoms with Crippen LogP contribution in [0.4, 0.5) is 0 Å². The molecule has 16 heteroatoms. The van der Waals surface area contributed by atoms with Gasteiger partial charge in [0.2, 0.25) is 0 Å². The van der Waals surface area contributed by atoms with Gasteiger partial charge in [-0.05, 0) is 45.4 Å². The summed E-state index contributed by atoms with van der Waals surface area (Å²) < 4.78 is 23.9. The highest BCUT2D eigenvalue weighted by molar-refractivity contribution is 5.87. The van der Waals surface area contributed by atoms with Crippen molar-refractivity contribution in [3.05, 3.63) is 11.8 Å². The van der Waals surface area contributed by atoms with Gasteiger partial charge in [-0.3, -0.25) is 9.79 Å². The van der Waals surface area contributed by atoms with Crippen molar-refractivity contribution in [2.75, 3.05) is 26.2 Å². The van der Waals surface area contributed by atoms with Crippen molar-refractivity contribution in [2.45, 2.75) is 118 Å². The molecule has 9 atom stereocenters. The Balaban J connectivity index is 1.44. The van der Waals surface area contributed by atoms with Crippen molar-refractivity contribution in [3.8, 4) is 0 Å². The fourth-order valence-electron chi connectivity index (χ4n) is 5.99. The number of nitrogens with one attached hydrogen (secondary N) is 2. The molecule has 2 aliphatic carbocycles. The van der Waals surface area contributed by atoms with E-state index in [0.29, 0.717) is 31.7 Å². The number of nitrogens with zero attached hydrogens (tertiary/aromatic N) is 1. The number of rotatable bonds is 12. The summed E-state index contributed by atoms with van der Waals surface area (Å²) in [6.07, 6.45) is -2.38. The second-order valence-corrected chi connectivity index (χ2v) is 12.4. The molecule has 43 heavy (non-hydrogen) atoms. The highest BCUT2D eigenvalue weighted by Gasteiger charge is 2.53. The Morgan fingerprint density at radius 2 is 1.93 bits per heavy atom. The van der Waals surface area contributed by atoms with Crippen LogP contribution in [0.3, 0.4) is 0 Å². The van der Waals surface area contributed by atoms with Crippen LogP contribution < -0.4 is 33.6 Å². The molecule has 4 aliphatic rings. The number of carbonyl (C=O) groups excluding carboxylic acids is 1. The van der Waals surface area contributed by atoms with Crippen LogP contribution in [0.1, 0.15) is 51.9 Å². The summed E-state index contributed by atoms with van der Waals surface area (Å²) in [4.78, 5) is 17.2. The Labute approximate surface area is 251 Å². The number of hydrogen-bond acceptors (Lipinski definition) is 13. The lowest BCUT2D eigenvalue weighted by Gasteiger charge is -2.48. The lowest BCUT2D eigenvalue weighted by molar-refractivity contribution is -0.297. The van der Waals surface area contributed by atoms with Crippen LogP contribution in [0.25, 0.3) is 0 Å². The third-order valence-corrected chi connectivity index (χ3v) is 8.27. The number of aliphatic imine (C=N–C) groups is 1. The number of amides is 1. The van der Waals surface area contributed by atoms with Crippen LogP contribution >= 0.6 is 0 Å². The Morgan fingerprint density at radius 1 is 1.19 bits per heavy atom. The van der Waals surface area contributed by atoms with E-state index in [0.717, 1.165) is 13.0 Å². The maximum absolute atomic E-state index is 13.2. The van der Waals surface area contributed by atoms with Crippen LogP contribution in [-0.4, -0.2) is 125 Å². The van der Waals surface area contributed by atoms with Gasteiger partial charge in [-0.2, -0.15) is 0 Å². The molecule has 2 saturated carbocycles. The molecule has 0 bridgehead atoms. The first-order chi connectivity index (χ1) is 20.3. The van der Waals surface area contributed by atoms with E-state index in [9.17, 15) is 25.2 Å². The third kappa shape index (κ3) is 8.75. The molecule has 3 fully saturated rings. The van der Waals surface area contributed by atoms with Crippen molar-refractivity contribution in [1.29, 1.82) is 0 Å². The molecular weight excluding hydrogens is 566 g/mol. The predicted octanol–water partition coefficient (Wildman–Crippen LogP) is -3.68. The van der Waals surface area contributed by atoms with E-state index in [1.54, 1.807) is 0 Å². The minimum absolute atomic E-state index is 0.0187. The summed E-state index contributed by atoms with van der Waals surface area (Å²) in [6, 6.07) is -2.02. The first-order valence-corrected chi connectivity index (χ1v) is 15.0. The lowest BCUT2D eigenvalue weighted by atomic mass is 9.74. The van der Waals surface area contributed by atoms with Crippen molar-refractivity contribution in [3.63, 3.8) is 0 Å². The zero-order chi connectivity index (χ0) is 31.4. The fourth-order valence-corrected chi connectivity index (χ4v) is 5.99.